The number of nitrogens with zero attached hydrogens (tertiary/aromatic N) is 1. The first-order valence-corrected chi connectivity index (χ1v) is 5.98. The first-order valence-electron chi connectivity index (χ1n) is 5.98. The molecular formula is C14H12F3N3O. The number of anilines is 2. The van der Waals surface area contributed by atoms with Gasteiger partial charge in [0.05, 0.1) is 5.56 Å². The largest absolute Gasteiger partial charge is 0.418 e. The molecule has 0 spiro atoms. The van der Waals surface area contributed by atoms with Crippen LogP contribution in [0, 0.1) is 6.92 Å². The average molecular weight is 295 g/mol. The summed E-state index contributed by atoms with van der Waals surface area (Å²) in [6, 6.07) is 6.36. The molecule has 1 aromatic heterocycles. The Hall–Kier alpha value is -2.57. The molecule has 1 amide bonds. The third-order valence-electron chi connectivity index (χ3n) is 2.78. The molecule has 1 aromatic carbocycles. The third kappa shape index (κ3) is 3.50. The number of aryl methyl sites for hydroxylation is 1. The zero-order chi connectivity index (χ0) is 15.6. The highest BCUT2D eigenvalue weighted by Gasteiger charge is 2.33. The Labute approximate surface area is 118 Å². The molecule has 0 saturated carbocycles. The molecule has 21 heavy (non-hydrogen) atoms. The van der Waals surface area contributed by atoms with Crippen LogP contribution < -0.4 is 11.1 Å². The monoisotopic (exact) mass is 295 g/mol. The van der Waals surface area contributed by atoms with Gasteiger partial charge in [0.1, 0.15) is 5.82 Å². The zero-order valence-corrected chi connectivity index (χ0v) is 11.0. The van der Waals surface area contributed by atoms with Crippen molar-refractivity contribution in [2.75, 3.05) is 11.1 Å². The molecule has 2 aromatic rings. The second kappa shape index (κ2) is 5.43. The summed E-state index contributed by atoms with van der Waals surface area (Å²) in [5.41, 5.74) is 4.56. The minimum atomic E-state index is -4.61. The summed E-state index contributed by atoms with van der Waals surface area (Å²) in [7, 11) is 0. The van der Waals surface area contributed by atoms with E-state index in [0.717, 1.165) is 17.7 Å². The number of carbonyl (C=O) groups is 1. The second-order valence-corrected chi connectivity index (χ2v) is 4.47. The Morgan fingerprint density at radius 1 is 1.24 bits per heavy atom. The molecule has 2 rings (SSSR count). The Morgan fingerprint density at radius 3 is 2.57 bits per heavy atom. The van der Waals surface area contributed by atoms with Crippen molar-refractivity contribution in [2.45, 2.75) is 13.1 Å². The SMILES string of the molecule is Cc1ccnc(NC(=O)c2ccc(N)c(C(F)(F)F)c2)c1. The van der Waals surface area contributed by atoms with Crippen LogP contribution in [0.3, 0.4) is 0 Å². The third-order valence-corrected chi connectivity index (χ3v) is 2.78. The molecule has 0 atom stereocenters. The van der Waals surface area contributed by atoms with E-state index in [1.165, 1.54) is 12.3 Å². The van der Waals surface area contributed by atoms with E-state index in [9.17, 15) is 18.0 Å². The minimum Gasteiger partial charge on any atom is -0.398 e. The molecular weight excluding hydrogens is 283 g/mol. The quantitative estimate of drug-likeness (QED) is 0.836. The lowest BCUT2D eigenvalue weighted by atomic mass is 10.1. The molecule has 110 valence electrons. The van der Waals surface area contributed by atoms with Crippen molar-refractivity contribution in [2.24, 2.45) is 0 Å². The molecule has 0 radical (unpaired) electrons. The van der Waals surface area contributed by atoms with Crippen molar-refractivity contribution in [1.29, 1.82) is 0 Å². The highest BCUT2D eigenvalue weighted by atomic mass is 19.4. The van der Waals surface area contributed by atoms with Crippen molar-refractivity contribution >= 4 is 17.4 Å². The summed E-state index contributed by atoms with van der Waals surface area (Å²) in [5.74, 6) is -0.413. The van der Waals surface area contributed by atoms with E-state index in [1.807, 2.05) is 6.92 Å². The number of halogens is 3. The number of hydrogen-bond acceptors (Lipinski definition) is 3. The number of aromatic nitrogens is 1. The topological polar surface area (TPSA) is 68.0 Å². The Balaban J connectivity index is 2.28. The number of amides is 1. The first kappa shape index (κ1) is 14.8. The van der Waals surface area contributed by atoms with Crippen LogP contribution in [0.15, 0.2) is 36.5 Å². The van der Waals surface area contributed by atoms with Crippen LogP contribution in [-0.2, 0) is 6.18 Å². The molecule has 0 fully saturated rings. The number of nitrogen functional groups attached to an aromatic ring is 1. The van der Waals surface area contributed by atoms with E-state index in [4.69, 9.17) is 5.73 Å². The fourth-order valence-corrected chi connectivity index (χ4v) is 1.74. The maximum atomic E-state index is 12.7. The number of benzene rings is 1. The van der Waals surface area contributed by atoms with Gasteiger partial charge in [-0.25, -0.2) is 4.98 Å². The summed E-state index contributed by atoms with van der Waals surface area (Å²) in [4.78, 5) is 15.9. The summed E-state index contributed by atoms with van der Waals surface area (Å²) >= 11 is 0. The van der Waals surface area contributed by atoms with Gasteiger partial charge in [-0.05, 0) is 42.8 Å². The van der Waals surface area contributed by atoms with Crippen LogP contribution in [-0.4, -0.2) is 10.9 Å². The number of nitrogens with two attached hydrogens (primary N) is 1. The summed E-state index contributed by atoms with van der Waals surface area (Å²) in [6.07, 6.45) is -3.11. The Bertz CT molecular complexity index is 683. The lowest BCUT2D eigenvalue weighted by Gasteiger charge is -2.11. The number of pyridine rings is 1. The molecule has 0 aliphatic heterocycles. The molecule has 0 saturated heterocycles. The number of nitrogens with one attached hydrogen (secondary N) is 1. The highest BCUT2D eigenvalue weighted by Crippen LogP contribution is 2.34. The van der Waals surface area contributed by atoms with Gasteiger partial charge in [-0.3, -0.25) is 4.79 Å². The van der Waals surface area contributed by atoms with Gasteiger partial charge in [0.25, 0.3) is 5.91 Å². The number of rotatable bonds is 2. The molecule has 1 heterocycles. The molecule has 3 N–H and O–H groups in total. The average Bonchev–Trinajstić information content (AvgIpc) is 2.37. The molecule has 0 aliphatic rings. The van der Waals surface area contributed by atoms with Gasteiger partial charge >= 0.3 is 6.18 Å². The molecule has 0 bridgehead atoms. The van der Waals surface area contributed by atoms with Crippen molar-refractivity contribution in [1.82, 2.24) is 4.98 Å². The first-order chi connectivity index (χ1) is 9.77. The Kier molecular flexibility index (Phi) is 3.84. The predicted octanol–water partition coefficient (Wildman–Crippen LogP) is 3.24. The van der Waals surface area contributed by atoms with Gasteiger partial charge in [0.2, 0.25) is 0 Å². The standard InChI is InChI=1S/C14H12F3N3O/c1-8-4-5-19-12(6-8)20-13(21)9-2-3-11(18)10(7-9)14(15,16)17/h2-7H,18H2,1H3,(H,19,20,21). The van der Waals surface area contributed by atoms with E-state index in [0.29, 0.717) is 0 Å². The number of hydrogen-bond donors (Lipinski definition) is 2. The van der Waals surface area contributed by atoms with Crippen molar-refractivity contribution < 1.29 is 18.0 Å². The number of alkyl halides is 3. The lowest BCUT2D eigenvalue weighted by molar-refractivity contribution is -0.136. The van der Waals surface area contributed by atoms with E-state index in [2.05, 4.69) is 10.3 Å². The normalized spacial score (nSPS) is 11.2. The van der Waals surface area contributed by atoms with Crippen molar-refractivity contribution in [3.63, 3.8) is 0 Å². The molecule has 0 aliphatic carbocycles. The maximum Gasteiger partial charge on any atom is 0.418 e. The summed E-state index contributed by atoms with van der Waals surface area (Å²) in [6.45, 7) is 1.81. The Morgan fingerprint density at radius 2 is 1.95 bits per heavy atom. The smallest absolute Gasteiger partial charge is 0.398 e. The summed E-state index contributed by atoms with van der Waals surface area (Å²) in [5, 5.41) is 2.44. The zero-order valence-electron chi connectivity index (χ0n) is 11.0. The van der Waals surface area contributed by atoms with Crippen LogP contribution >= 0.6 is 0 Å². The molecule has 0 unspecified atom stereocenters. The van der Waals surface area contributed by atoms with Crippen LogP contribution in [0.5, 0.6) is 0 Å². The highest BCUT2D eigenvalue weighted by molar-refractivity contribution is 6.04. The van der Waals surface area contributed by atoms with Crippen LogP contribution in [0.25, 0.3) is 0 Å². The van der Waals surface area contributed by atoms with Crippen molar-refractivity contribution in [3.05, 3.63) is 53.2 Å². The summed E-state index contributed by atoms with van der Waals surface area (Å²) < 4.78 is 38.2. The van der Waals surface area contributed by atoms with Crippen LogP contribution in [0.2, 0.25) is 0 Å². The van der Waals surface area contributed by atoms with Gasteiger partial charge in [-0.15, -0.1) is 0 Å². The predicted molar refractivity (Wildman–Crippen MR) is 72.8 cm³/mol. The van der Waals surface area contributed by atoms with Gasteiger partial charge < -0.3 is 11.1 Å². The van der Waals surface area contributed by atoms with Crippen LogP contribution in [0.1, 0.15) is 21.5 Å². The number of carbonyl (C=O) groups excluding carboxylic acids is 1. The fourth-order valence-electron chi connectivity index (χ4n) is 1.74. The van der Waals surface area contributed by atoms with Gasteiger partial charge in [-0.1, -0.05) is 0 Å². The lowest BCUT2D eigenvalue weighted by Crippen LogP contribution is -2.16. The van der Waals surface area contributed by atoms with E-state index >= 15 is 0 Å². The van der Waals surface area contributed by atoms with Crippen LogP contribution in [0.4, 0.5) is 24.7 Å². The fraction of sp³-hybridized carbons (Fsp3) is 0.143. The maximum absolute atomic E-state index is 12.7. The molecule has 4 nitrogen and oxygen atoms in total. The van der Waals surface area contributed by atoms with Gasteiger partial charge in [0, 0.05) is 17.4 Å². The molecule has 7 heteroatoms. The van der Waals surface area contributed by atoms with E-state index < -0.39 is 23.3 Å². The van der Waals surface area contributed by atoms with Gasteiger partial charge in [-0.2, -0.15) is 13.2 Å². The van der Waals surface area contributed by atoms with Gasteiger partial charge in [0.15, 0.2) is 0 Å². The van der Waals surface area contributed by atoms with Crippen molar-refractivity contribution in [3.8, 4) is 0 Å². The van der Waals surface area contributed by atoms with E-state index in [-0.39, 0.29) is 11.4 Å². The van der Waals surface area contributed by atoms with E-state index in [1.54, 1.807) is 12.1 Å². The second-order valence-electron chi connectivity index (χ2n) is 4.47. The minimum absolute atomic E-state index is 0.139.